The Kier molecular flexibility index (Phi) is 4.10. The van der Waals surface area contributed by atoms with Gasteiger partial charge in [-0.15, -0.1) is 11.3 Å². The van der Waals surface area contributed by atoms with E-state index in [9.17, 15) is 0 Å². The predicted molar refractivity (Wildman–Crippen MR) is 82.3 cm³/mol. The molecule has 2 heterocycles. The minimum absolute atomic E-state index is 0.221. The fraction of sp³-hybridized carbons (Fsp3) is 0.357. The summed E-state index contributed by atoms with van der Waals surface area (Å²) in [6.45, 7) is 2.84. The maximum Gasteiger partial charge on any atom is 0.180 e. The van der Waals surface area contributed by atoms with Crippen molar-refractivity contribution in [1.29, 1.82) is 0 Å². The van der Waals surface area contributed by atoms with Crippen molar-refractivity contribution in [3.8, 4) is 5.75 Å². The van der Waals surface area contributed by atoms with E-state index in [-0.39, 0.29) is 6.10 Å². The monoisotopic (exact) mass is 309 g/mol. The van der Waals surface area contributed by atoms with Gasteiger partial charge in [0.15, 0.2) is 5.13 Å². The summed E-state index contributed by atoms with van der Waals surface area (Å²) >= 11 is 7.51. The molecule has 1 saturated heterocycles. The molecule has 1 aliphatic rings. The Hall–Kier alpha value is -1.30. The van der Waals surface area contributed by atoms with Gasteiger partial charge in [-0.1, -0.05) is 17.7 Å². The van der Waals surface area contributed by atoms with Crippen molar-refractivity contribution in [3.05, 3.63) is 40.4 Å². The Labute approximate surface area is 127 Å². The molecule has 4 nitrogen and oxygen atoms in total. The zero-order chi connectivity index (χ0) is 13.9. The number of likely N-dealkylation sites (tertiary alicyclic amines) is 1. The molecule has 2 N–H and O–H groups in total. The first kappa shape index (κ1) is 13.7. The Morgan fingerprint density at radius 3 is 3.15 bits per heavy atom. The minimum Gasteiger partial charge on any atom is -0.489 e. The molecule has 1 aromatic carbocycles. The molecule has 0 saturated carbocycles. The van der Waals surface area contributed by atoms with Crippen molar-refractivity contribution in [2.75, 3.05) is 18.8 Å². The molecule has 0 amide bonds. The molecule has 0 spiro atoms. The van der Waals surface area contributed by atoms with Crippen molar-refractivity contribution in [1.82, 2.24) is 9.88 Å². The summed E-state index contributed by atoms with van der Waals surface area (Å²) in [7, 11) is 0. The third-order valence-corrected chi connectivity index (χ3v) is 4.33. The van der Waals surface area contributed by atoms with Crippen LogP contribution in [0.15, 0.2) is 30.5 Å². The molecule has 0 aliphatic carbocycles. The van der Waals surface area contributed by atoms with E-state index in [0.29, 0.717) is 10.2 Å². The van der Waals surface area contributed by atoms with Gasteiger partial charge in [-0.2, -0.15) is 0 Å². The average molecular weight is 310 g/mol. The summed E-state index contributed by atoms with van der Waals surface area (Å²) in [5, 5.41) is 1.34. The van der Waals surface area contributed by atoms with E-state index in [4.69, 9.17) is 22.1 Å². The highest BCUT2D eigenvalue weighted by molar-refractivity contribution is 7.15. The molecule has 0 radical (unpaired) electrons. The van der Waals surface area contributed by atoms with Gasteiger partial charge in [-0.3, -0.25) is 4.90 Å². The number of anilines is 1. The second-order valence-corrected chi connectivity index (χ2v) is 6.47. The van der Waals surface area contributed by atoms with Crippen LogP contribution in [-0.4, -0.2) is 29.1 Å². The topological polar surface area (TPSA) is 51.4 Å². The fourth-order valence-electron chi connectivity index (χ4n) is 2.39. The Bertz CT molecular complexity index is 589. The van der Waals surface area contributed by atoms with E-state index >= 15 is 0 Å². The lowest BCUT2D eigenvalue weighted by Gasteiger charge is -2.16. The molecular formula is C14H16ClN3OS. The molecular weight excluding hydrogens is 294 g/mol. The Balaban J connectivity index is 1.54. The van der Waals surface area contributed by atoms with Crippen LogP contribution in [0.2, 0.25) is 5.02 Å². The van der Waals surface area contributed by atoms with E-state index in [2.05, 4.69) is 9.88 Å². The van der Waals surface area contributed by atoms with E-state index in [1.54, 1.807) is 11.3 Å². The average Bonchev–Trinajstić information content (AvgIpc) is 3.00. The zero-order valence-electron chi connectivity index (χ0n) is 11.0. The van der Waals surface area contributed by atoms with Gasteiger partial charge in [0, 0.05) is 35.7 Å². The maximum atomic E-state index is 5.97. The van der Waals surface area contributed by atoms with Gasteiger partial charge < -0.3 is 10.5 Å². The van der Waals surface area contributed by atoms with Gasteiger partial charge >= 0.3 is 0 Å². The predicted octanol–water partition coefficient (Wildman–Crippen LogP) is 3.03. The standard InChI is InChI=1S/C14H16ClN3OS/c15-10-2-1-3-11(6-10)19-12-4-5-18(8-12)9-13-7-17-14(16)20-13/h1-3,6-7,12H,4-5,8-9H2,(H2,16,17). The number of thiazole rings is 1. The first-order valence-electron chi connectivity index (χ1n) is 6.54. The number of nitrogen functional groups attached to an aromatic ring is 1. The number of nitrogens with zero attached hydrogens (tertiary/aromatic N) is 2. The lowest BCUT2D eigenvalue weighted by atomic mass is 10.3. The normalized spacial score (nSPS) is 19.4. The minimum atomic E-state index is 0.221. The SMILES string of the molecule is Nc1ncc(CN2CCC(Oc3cccc(Cl)c3)C2)s1. The highest BCUT2D eigenvalue weighted by atomic mass is 35.5. The van der Waals surface area contributed by atoms with Gasteiger partial charge in [-0.25, -0.2) is 4.98 Å². The first-order chi connectivity index (χ1) is 9.69. The largest absolute Gasteiger partial charge is 0.489 e. The number of benzene rings is 1. The molecule has 106 valence electrons. The summed E-state index contributed by atoms with van der Waals surface area (Å²) in [6, 6.07) is 7.56. The molecule has 1 aromatic heterocycles. The van der Waals surface area contributed by atoms with Crippen LogP contribution >= 0.6 is 22.9 Å². The van der Waals surface area contributed by atoms with Gasteiger partial charge in [0.2, 0.25) is 0 Å². The van der Waals surface area contributed by atoms with Crippen LogP contribution in [0.1, 0.15) is 11.3 Å². The van der Waals surface area contributed by atoms with E-state index in [1.807, 2.05) is 30.5 Å². The van der Waals surface area contributed by atoms with Crippen LogP contribution < -0.4 is 10.5 Å². The third kappa shape index (κ3) is 3.42. The molecule has 1 fully saturated rings. The maximum absolute atomic E-state index is 5.97. The smallest absolute Gasteiger partial charge is 0.180 e. The van der Waals surface area contributed by atoms with E-state index < -0.39 is 0 Å². The van der Waals surface area contributed by atoms with Crippen LogP contribution in [-0.2, 0) is 6.54 Å². The number of halogens is 1. The molecule has 20 heavy (non-hydrogen) atoms. The summed E-state index contributed by atoms with van der Waals surface area (Å²) in [6.07, 6.45) is 3.10. The van der Waals surface area contributed by atoms with Crippen molar-refractivity contribution < 1.29 is 4.74 Å². The fourth-order valence-corrected chi connectivity index (χ4v) is 3.29. The number of aromatic nitrogens is 1. The molecule has 1 atom stereocenters. The van der Waals surface area contributed by atoms with Crippen LogP contribution in [0, 0.1) is 0 Å². The number of rotatable bonds is 4. The lowest BCUT2D eigenvalue weighted by molar-refractivity contribution is 0.199. The van der Waals surface area contributed by atoms with Gasteiger partial charge in [0.05, 0.1) is 0 Å². The molecule has 6 heteroatoms. The van der Waals surface area contributed by atoms with E-state index in [1.165, 1.54) is 4.88 Å². The van der Waals surface area contributed by atoms with Crippen LogP contribution in [0.4, 0.5) is 5.13 Å². The molecule has 0 bridgehead atoms. The second-order valence-electron chi connectivity index (χ2n) is 4.89. The molecule has 2 aromatic rings. The number of hydrogen-bond donors (Lipinski definition) is 1. The quantitative estimate of drug-likeness (QED) is 0.943. The number of ether oxygens (including phenoxy) is 1. The molecule has 3 rings (SSSR count). The van der Waals surface area contributed by atoms with Crippen molar-refractivity contribution in [3.63, 3.8) is 0 Å². The third-order valence-electron chi connectivity index (χ3n) is 3.28. The Morgan fingerprint density at radius 1 is 1.50 bits per heavy atom. The highest BCUT2D eigenvalue weighted by Gasteiger charge is 2.24. The van der Waals surface area contributed by atoms with Crippen LogP contribution in [0.5, 0.6) is 5.75 Å². The molecule has 1 aliphatic heterocycles. The summed E-state index contributed by atoms with van der Waals surface area (Å²) < 4.78 is 5.97. The highest BCUT2D eigenvalue weighted by Crippen LogP contribution is 2.24. The number of nitrogens with two attached hydrogens (primary N) is 1. The molecule has 1 unspecified atom stereocenters. The van der Waals surface area contributed by atoms with Crippen LogP contribution in [0.3, 0.4) is 0 Å². The van der Waals surface area contributed by atoms with Gasteiger partial charge in [0.1, 0.15) is 11.9 Å². The summed E-state index contributed by atoms with van der Waals surface area (Å²) in [5.41, 5.74) is 5.65. The zero-order valence-corrected chi connectivity index (χ0v) is 12.5. The van der Waals surface area contributed by atoms with Crippen molar-refractivity contribution >= 4 is 28.1 Å². The van der Waals surface area contributed by atoms with Crippen molar-refractivity contribution in [2.24, 2.45) is 0 Å². The van der Waals surface area contributed by atoms with Gasteiger partial charge in [0.25, 0.3) is 0 Å². The lowest BCUT2D eigenvalue weighted by Crippen LogP contribution is -2.24. The second kappa shape index (κ2) is 5.99. The first-order valence-corrected chi connectivity index (χ1v) is 7.73. The van der Waals surface area contributed by atoms with Crippen LogP contribution in [0.25, 0.3) is 0 Å². The Morgan fingerprint density at radius 2 is 2.40 bits per heavy atom. The van der Waals surface area contributed by atoms with Crippen molar-refractivity contribution in [2.45, 2.75) is 19.1 Å². The summed E-state index contributed by atoms with van der Waals surface area (Å²) in [5.74, 6) is 0.839. The van der Waals surface area contributed by atoms with E-state index in [0.717, 1.165) is 31.8 Å². The van der Waals surface area contributed by atoms with Gasteiger partial charge in [-0.05, 0) is 24.6 Å². The summed E-state index contributed by atoms with van der Waals surface area (Å²) in [4.78, 5) is 7.64. The number of hydrogen-bond acceptors (Lipinski definition) is 5.